The van der Waals surface area contributed by atoms with Crippen LogP contribution in [0.3, 0.4) is 0 Å². The quantitative estimate of drug-likeness (QED) is 0.334. The Labute approximate surface area is 165 Å². The summed E-state index contributed by atoms with van der Waals surface area (Å²) in [6, 6.07) is 34.2. The van der Waals surface area contributed by atoms with Crippen LogP contribution in [-0.4, -0.2) is 10.4 Å². The van der Waals surface area contributed by atoms with Gasteiger partial charge in [-0.3, -0.25) is 0 Å². The molecule has 0 unspecified atom stereocenters. The smallest absolute Gasteiger partial charge is 0.0489 e. The summed E-state index contributed by atoms with van der Waals surface area (Å²) in [6.07, 6.45) is 0.884. The first-order valence-corrected chi connectivity index (χ1v) is 9.83. The summed E-state index contributed by atoms with van der Waals surface area (Å²) in [5, 5.41) is 0. The zero-order chi connectivity index (χ0) is 18.5. The van der Waals surface area contributed by atoms with Gasteiger partial charge in [0.15, 0.2) is 0 Å². The van der Waals surface area contributed by atoms with Crippen molar-refractivity contribution in [3.8, 4) is 22.4 Å². The van der Waals surface area contributed by atoms with Crippen LogP contribution in [0.25, 0.3) is 22.4 Å². The van der Waals surface area contributed by atoms with Gasteiger partial charge in [-0.1, -0.05) is 91.0 Å². The number of aromatic nitrogens is 1. The number of rotatable bonds is 6. The van der Waals surface area contributed by atoms with E-state index >= 15 is 0 Å². The molecular formula is C25H22ClN. The lowest BCUT2D eigenvalue weighted by molar-refractivity contribution is 0.741. The fourth-order valence-electron chi connectivity index (χ4n) is 3.62. The van der Waals surface area contributed by atoms with Gasteiger partial charge in [0.05, 0.1) is 0 Å². The molecule has 0 saturated carbocycles. The number of halogens is 1. The van der Waals surface area contributed by atoms with Crippen molar-refractivity contribution >= 4 is 11.6 Å². The van der Waals surface area contributed by atoms with Gasteiger partial charge < -0.3 is 4.57 Å². The van der Waals surface area contributed by atoms with Crippen molar-refractivity contribution in [1.29, 1.82) is 0 Å². The molecule has 0 amide bonds. The molecule has 1 nitrogen and oxygen atoms in total. The predicted octanol–water partition coefficient (Wildman–Crippen LogP) is 6.65. The van der Waals surface area contributed by atoms with E-state index in [4.69, 9.17) is 11.6 Å². The summed E-state index contributed by atoms with van der Waals surface area (Å²) in [4.78, 5) is 0. The van der Waals surface area contributed by atoms with Crippen LogP contribution in [0.2, 0.25) is 0 Å². The lowest BCUT2D eigenvalue weighted by atomic mass is 10.0. The van der Waals surface area contributed by atoms with Crippen molar-refractivity contribution < 1.29 is 0 Å². The highest BCUT2D eigenvalue weighted by Crippen LogP contribution is 2.34. The fourth-order valence-corrected chi connectivity index (χ4v) is 3.79. The number of benzene rings is 3. The highest BCUT2D eigenvalue weighted by Gasteiger charge is 2.17. The van der Waals surface area contributed by atoms with Crippen LogP contribution in [0.15, 0.2) is 97.1 Å². The minimum Gasteiger partial charge on any atom is -0.342 e. The number of hydrogen-bond donors (Lipinski definition) is 0. The molecule has 0 aliphatic carbocycles. The molecule has 3 aromatic carbocycles. The Kier molecular flexibility index (Phi) is 5.41. The lowest BCUT2D eigenvalue weighted by Gasteiger charge is -2.14. The number of nitrogens with zero attached hydrogens (tertiary/aromatic N) is 1. The maximum Gasteiger partial charge on any atom is 0.0489 e. The Morgan fingerprint density at radius 2 is 1.22 bits per heavy atom. The molecule has 0 N–H and O–H groups in total. The maximum atomic E-state index is 6.20. The van der Waals surface area contributed by atoms with Gasteiger partial charge in [-0.25, -0.2) is 0 Å². The van der Waals surface area contributed by atoms with Crippen LogP contribution in [0, 0.1) is 0 Å². The largest absolute Gasteiger partial charge is 0.342 e. The Morgan fingerprint density at radius 1 is 0.667 bits per heavy atom. The normalized spacial score (nSPS) is 10.9. The first-order chi connectivity index (χ1) is 13.4. The summed E-state index contributed by atoms with van der Waals surface area (Å²) in [6.45, 7) is 0.792. The second-order valence-electron chi connectivity index (χ2n) is 6.62. The minimum absolute atomic E-state index is 0.588. The van der Waals surface area contributed by atoms with Gasteiger partial charge in [-0.05, 0) is 22.8 Å². The van der Waals surface area contributed by atoms with Gasteiger partial charge >= 0.3 is 0 Å². The van der Waals surface area contributed by atoms with Gasteiger partial charge in [-0.2, -0.15) is 0 Å². The molecule has 0 aliphatic heterocycles. The van der Waals surface area contributed by atoms with E-state index in [1.165, 1.54) is 33.6 Å². The molecule has 1 heterocycles. The van der Waals surface area contributed by atoms with E-state index < -0.39 is 0 Å². The highest BCUT2D eigenvalue weighted by atomic mass is 35.5. The van der Waals surface area contributed by atoms with Gasteiger partial charge in [0, 0.05) is 35.8 Å². The molecule has 0 radical (unpaired) electrons. The third-order valence-electron chi connectivity index (χ3n) is 4.89. The fraction of sp³-hybridized carbons (Fsp3) is 0.120. The van der Waals surface area contributed by atoms with Crippen molar-refractivity contribution in [2.24, 2.45) is 0 Å². The summed E-state index contributed by atoms with van der Waals surface area (Å²) in [7, 11) is 0. The molecule has 0 fully saturated rings. The molecule has 2 heteroatoms. The molecule has 0 bridgehead atoms. The first-order valence-electron chi connectivity index (χ1n) is 9.30. The van der Waals surface area contributed by atoms with E-state index in [1.807, 2.05) is 0 Å². The second kappa shape index (κ2) is 8.28. The summed E-state index contributed by atoms with van der Waals surface area (Å²) in [5.74, 6) is 0.588. The number of alkyl halides is 1. The molecule has 27 heavy (non-hydrogen) atoms. The average Bonchev–Trinajstić information content (AvgIpc) is 3.08. The summed E-state index contributed by atoms with van der Waals surface area (Å²) >= 11 is 6.20. The standard InChI is InChI=1S/C25H22ClN/c26-16-17-27-24(22-14-8-3-9-15-22)19-23(21-12-6-2-7-13-21)25(27)18-20-10-4-1-5-11-20/h1-15,19H,16-18H2. The number of hydrogen-bond acceptors (Lipinski definition) is 0. The van der Waals surface area contributed by atoms with E-state index in [2.05, 4.69) is 102 Å². The van der Waals surface area contributed by atoms with Crippen LogP contribution in [0.5, 0.6) is 0 Å². The van der Waals surface area contributed by atoms with Crippen molar-refractivity contribution in [3.05, 3.63) is 108 Å². The topological polar surface area (TPSA) is 4.93 Å². The SMILES string of the molecule is ClCCn1c(-c2ccccc2)cc(-c2ccccc2)c1Cc1ccccc1. The lowest BCUT2D eigenvalue weighted by Crippen LogP contribution is -2.07. The summed E-state index contributed by atoms with van der Waals surface area (Å²) in [5.41, 5.74) is 7.59. The first kappa shape index (κ1) is 17.6. The molecule has 0 aliphatic rings. The molecule has 0 atom stereocenters. The maximum absolute atomic E-state index is 6.20. The molecule has 0 spiro atoms. The average molecular weight is 372 g/mol. The molecule has 1 aromatic heterocycles. The molecule has 4 rings (SSSR count). The Hall–Kier alpha value is -2.77. The minimum atomic E-state index is 0.588. The molecular weight excluding hydrogens is 350 g/mol. The van der Waals surface area contributed by atoms with Crippen LogP contribution in [0.4, 0.5) is 0 Å². The molecule has 0 saturated heterocycles. The van der Waals surface area contributed by atoms with E-state index in [1.54, 1.807) is 0 Å². The van der Waals surface area contributed by atoms with Crippen molar-refractivity contribution in [2.45, 2.75) is 13.0 Å². The van der Waals surface area contributed by atoms with Crippen LogP contribution in [0.1, 0.15) is 11.3 Å². The van der Waals surface area contributed by atoms with E-state index in [0.717, 1.165) is 13.0 Å². The van der Waals surface area contributed by atoms with E-state index in [-0.39, 0.29) is 0 Å². The van der Waals surface area contributed by atoms with Crippen LogP contribution >= 0.6 is 11.6 Å². The van der Waals surface area contributed by atoms with Crippen molar-refractivity contribution in [1.82, 2.24) is 4.57 Å². The van der Waals surface area contributed by atoms with Crippen molar-refractivity contribution in [3.63, 3.8) is 0 Å². The predicted molar refractivity (Wildman–Crippen MR) is 115 cm³/mol. The van der Waals surface area contributed by atoms with E-state index in [0.29, 0.717) is 5.88 Å². The molecule has 4 aromatic rings. The second-order valence-corrected chi connectivity index (χ2v) is 7.00. The zero-order valence-electron chi connectivity index (χ0n) is 15.2. The van der Waals surface area contributed by atoms with Crippen molar-refractivity contribution in [2.75, 3.05) is 5.88 Å². The Morgan fingerprint density at radius 3 is 1.81 bits per heavy atom. The van der Waals surface area contributed by atoms with Crippen LogP contribution in [-0.2, 0) is 13.0 Å². The third kappa shape index (κ3) is 3.84. The zero-order valence-corrected chi connectivity index (χ0v) is 15.9. The Bertz CT molecular complexity index is 989. The van der Waals surface area contributed by atoms with Crippen LogP contribution < -0.4 is 0 Å². The van der Waals surface area contributed by atoms with Gasteiger partial charge in [0.2, 0.25) is 0 Å². The van der Waals surface area contributed by atoms with Gasteiger partial charge in [0.1, 0.15) is 0 Å². The van der Waals surface area contributed by atoms with Gasteiger partial charge in [-0.15, -0.1) is 11.6 Å². The monoisotopic (exact) mass is 371 g/mol. The highest BCUT2D eigenvalue weighted by molar-refractivity contribution is 6.17. The molecule has 134 valence electrons. The van der Waals surface area contributed by atoms with Gasteiger partial charge in [0.25, 0.3) is 0 Å². The third-order valence-corrected chi connectivity index (χ3v) is 5.05. The van der Waals surface area contributed by atoms with E-state index in [9.17, 15) is 0 Å². The Balaban J connectivity index is 1.91. The summed E-state index contributed by atoms with van der Waals surface area (Å²) < 4.78 is 2.39.